The van der Waals surface area contributed by atoms with Crippen molar-refractivity contribution in [3.05, 3.63) is 23.2 Å². The molecule has 0 spiro atoms. The minimum Gasteiger partial charge on any atom is -0.469 e. The first-order valence-corrected chi connectivity index (χ1v) is 6.41. The van der Waals surface area contributed by atoms with Crippen molar-refractivity contribution in [2.45, 2.75) is 26.3 Å². The molecule has 0 saturated heterocycles. The van der Waals surface area contributed by atoms with Crippen molar-refractivity contribution in [3.63, 3.8) is 0 Å². The zero-order valence-electron chi connectivity index (χ0n) is 12.4. The number of aryl methyl sites for hydroxylation is 1. The van der Waals surface area contributed by atoms with Gasteiger partial charge in [-0.25, -0.2) is 4.79 Å². The van der Waals surface area contributed by atoms with Crippen molar-refractivity contribution in [1.29, 1.82) is 0 Å². The van der Waals surface area contributed by atoms with Crippen LogP contribution in [0.1, 0.15) is 34.7 Å². The van der Waals surface area contributed by atoms with Crippen LogP contribution in [0, 0.1) is 6.92 Å². The topological polar surface area (TPSA) is 69.0 Å². The smallest absolute Gasteiger partial charge is 0.341 e. The number of carbonyl (C=O) groups excluding carboxylic acids is 2. The van der Waals surface area contributed by atoms with Crippen LogP contribution in [-0.2, 0) is 20.8 Å². The maximum Gasteiger partial charge on any atom is 0.341 e. The van der Waals surface area contributed by atoms with E-state index in [-0.39, 0.29) is 5.97 Å². The van der Waals surface area contributed by atoms with E-state index in [1.807, 2.05) is 11.9 Å². The summed E-state index contributed by atoms with van der Waals surface area (Å²) >= 11 is 0. The summed E-state index contributed by atoms with van der Waals surface area (Å²) < 4.78 is 14.8. The van der Waals surface area contributed by atoms with E-state index in [2.05, 4.69) is 9.47 Å². The minimum atomic E-state index is -0.397. The summed E-state index contributed by atoms with van der Waals surface area (Å²) in [7, 11) is 4.65. The predicted octanol–water partition coefficient (Wildman–Crippen LogP) is 1.76. The van der Waals surface area contributed by atoms with Crippen LogP contribution in [0.3, 0.4) is 0 Å². The van der Waals surface area contributed by atoms with Crippen LogP contribution in [0.25, 0.3) is 0 Å². The molecule has 0 unspecified atom stereocenters. The fourth-order valence-electron chi connectivity index (χ4n) is 1.87. The van der Waals surface area contributed by atoms with Gasteiger partial charge in [0.1, 0.15) is 17.1 Å². The Morgan fingerprint density at radius 2 is 2.00 bits per heavy atom. The van der Waals surface area contributed by atoms with E-state index in [0.717, 1.165) is 6.54 Å². The summed E-state index contributed by atoms with van der Waals surface area (Å²) in [6.07, 6.45) is 1.11. The summed E-state index contributed by atoms with van der Waals surface area (Å²) in [6, 6.07) is 1.69. The standard InChI is InChI=1S/C14H21NO5/c1-10-12(14(17)19-4)8-11(20-10)9-15(2)7-5-6-13(16)18-3/h8H,5-7,9H2,1-4H3. The molecule has 6 heteroatoms. The molecule has 0 aliphatic heterocycles. The molecule has 0 fully saturated rings. The third-order valence-electron chi connectivity index (χ3n) is 2.95. The van der Waals surface area contributed by atoms with Crippen LogP contribution < -0.4 is 0 Å². The summed E-state index contributed by atoms with van der Waals surface area (Å²) in [6.45, 7) is 3.04. The van der Waals surface area contributed by atoms with E-state index in [1.54, 1.807) is 13.0 Å². The van der Waals surface area contributed by atoms with Crippen molar-refractivity contribution in [3.8, 4) is 0 Å². The van der Waals surface area contributed by atoms with Crippen LogP contribution in [0.2, 0.25) is 0 Å². The highest BCUT2D eigenvalue weighted by atomic mass is 16.5. The molecule has 1 aromatic rings. The van der Waals surface area contributed by atoms with Crippen LogP contribution >= 0.6 is 0 Å². The van der Waals surface area contributed by atoms with Crippen molar-refractivity contribution < 1.29 is 23.5 Å². The Morgan fingerprint density at radius 3 is 2.60 bits per heavy atom. The minimum absolute atomic E-state index is 0.208. The molecule has 6 nitrogen and oxygen atoms in total. The van der Waals surface area contributed by atoms with Gasteiger partial charge in [-0.05, 0) is 33.0 Å². The molecule has 0 aromatic carbocycles. The van der Waals surface area contributed by atoms with Gasteiger partial charge in [0.15, 0.2) is 0 Å². The van der Waals surface area contributed by atoms with E-state index >= 15 is 0 Å². The van der Waals surface area contributed by atoms with Crippen molar-refractivity contribution >= 4 is 11.9 Å². The number of carbonyl (C=O) groups is 2. The number of hydrogen-bond acceptors (Lipinski definition) is 6. The number of rotatable bonds is 7. The van der Waals surface area contributed by atoms with Crippen LogP contribution in [0.5, 0.6) is 0 Å². The van der Waals surface area contributed by atoms with Gasteiger partial charge in [0.25, 0.3) is 0 Å². The maximum atomic E-state index is 11.5. The van der Waals surface area contributed by atoms with Crippen LogP contribution in [0.15, 0.2) is 10.5 Å². The summed E-state index contributed by atoms with van der Waals surface area (Å²) in [5.74, 6) is 0.643. The molecule has 0 atom stereocenters. The van der Waals surface area contributed by atoms with Crippen LogP contribution in [-0.4, -0.2) is 44.7 Å². The Hall–Kier alpha value is -1.82. The number of hydrogen-bond donors (Lipinski definition) is 0. The lowest BCUT2D eigenvalue weighted by molar-refractivity contribution is -0.140. The van der Waals surface area contributed by atoms with Gasteiger partial charge in [0.05, 0.1) is 20.8 Å². The van der Waals surface area contributed by atoms with E-state index in [0.29, 0.717) is 36.5 Å². The SMILES string of the molecule is COC(=O)CCCN(C)Cc1cc(C(=O)OC)c(C)o1. The maximum absolute atomic E-state index is 11.5. The zero-order valence-corrected chi connectivity index (χ0v) is 12.4. The van der Waals surface area contributed by atoms with Gasteiger partial charge in [0, 0.05) is 6.42 Å². The first-order valence-electron chi connectivity index (χ1n) is 6.41. The van der Waals surface area contributed by atoms with Gasteiger partial charge in [-0.3, -0.25) is 9.69 Å². The summed E-state index contributed by atoms with van der Waals surface area (Å²) in [5.41, 5.74) is 0.450. The number of furan rings is 1. The van der Waals surface area contributed by atoms with Gasteiger partial charge in [-0.1, -0.05) is 0 Å². The lowest BCUT2D eigenvalue weighted by Gasteiger charge is -2.14. The molecule has 0 N–H and O–H groups in total. The van der Waals surface area contributed by atoms with Gasteiger partial charge >= 0.3 is 11.9 Å². The van der Waals surface area contributed by atoms with Gasteiger partial charge in [-0.15, -0.1) is 0 Å². The van der Waals surface area contributed by atoms with Crippen molar-refractivity contribution in [1.82, 2.24) is 4.90 Å². The van der Waals surface area contributed by atoms with Gasteiger partial charge in [0.2, 0.25) is 0 Å². The molecule has 1 aromatic heterocycles. The average molecular weight is 283 g/mol. The largest absolute Gasteiger partial charge is 0.469 e. The molecule has 0 saturated carbocycles. The molecule has 1 rings (SSSR count). The Kier molecular flexibility index (Phi) is 6.24. The fraction of sp³-hybridized carbons (Fsp3) is 0.571. The number of esters is 2. The predicted molar refractivity (Wildman–Crippen MR) is 72.4 cm³/mol. The lowest BCUT2D eigenvalue weighted by Crippen LogP contribution is -2.19. The Bertz CT molecular complexity index is 466. The monoisotopic (exact) mass is 283 g/mol. The molecule has 20 heavy (non-hydrogen) atoms. The second kappa shape index (κ2) is 7.69. The molecule has 0 bridgehead atoms. The van der Waals surface area contributed by atoms with E-state index in [4.69, 9.17) is 4.42 Å². The lowest BCUT2D eigenvalue weighted by atomic mass is 10.2. The van der Waals surface area contributed by atoms with Crippen molar-refractivity contribution in [2.75, 3.05) is 27.8 Å². The van der Waals surface area contributed by atoms with E-state index in [9.17, 15) is 9.59 Å². The molecule has 1 heterocycles. The average Bonchev–Trinajstić information content (AvgIpc) is 2.78. The second-order valence-electron chi connectivity index (χ2n) is 4.59. The van der Waals surface area contributed by atoms with Crippen molar-refractivity contribution in [2.24, 2.45) is 0 Å². The highest BCUT2D eigenvalue weighted by molar-refractivity contribution is 5.90. The quantitative estimate of drug-likeness (QED) is 0.710. The molecule has 0 amide bonds. The Morgan fingerprint density at radius 1 is 1.30 bits per heavy atom. The highest BCUT2D eigenvalue weighted by Gasteiger charge is 2.16. The second-order valence-corrected chi connectivity index (χ2v) is 4.59. The first-order chi connectivity index (χ1) is 9.47. The molecular weight excluding hydrogens is 262 g/mol. The Labute approximate surface area is 118 Å². The van der Waals surface area contributed by atoms with Crippen LogP contribution in [0.4, 0.5) is 0 Å². The fourth-order valence-corrected chi connectivity index (χ4v) is 1.87. The molecular formula is C14H21NO5. The van der Waals surface area contributed by atoms with Gasteiger partial charge in [-0.2, -0.15) is 0 Å². The molecule has 0 radical (unpaired) electrons. The summed E-state index contributed by atoms with van der Waals surface area (Å²) in [5, 5.41) is 0. The number of nitrogens with zero attached hydrogens (tertiary/aromatic N) is 1. The third kappa shape index (κ3) is 4.70. The zero-order chi connectivity index (χ0) is 15.1. The van der Waals surface area contributed by atoms with E-state index in [1.165, 1.54) is 14.2 Å². The third-order valence-corrected chi connectivity index (χ3v) is 2.95. The Balaban J connectivity index is 2.48. The van der Waals surface area contributed by atoms with E-state index < -0.39 is 5.97 Å². The highest BCUT2D eigenvalue weighted by Crippen LogP contribution is 2.17. The first kappa shape index (κ1) is 16.2. The summed E-state index contributed by atoms with van der Waals surface area (Å²) in [4.78, 5) is 24.5. The molecule has 0 aliphatic carbocycles. The number of ether oxygens (including phenoxy) is 2. The normalized spacial score (nSPS) is 10.7. The molecule has 112 valence electrons. The molecule has 0 aliphatic rings. The number of methoxy groups -OCH3 is 2. The van der Waals surface area contributed by atoms with Gasteiger partial charge < -0.3 is 13.9 Å².